The minimum absolute atomic E-state index is 0.0550. The summed E-state index contributed by atoms with van der Waals surface area (Å²) in [6.45, 7) is 2.06. The van der Waals surface area contributed by atoms with E-state index < -0.39 is 0 Å². The predicted octanol–water partition coefficient (Wildman–Crippen LogP) is 1.23. The summed E-state index contributed by atoms with van der Waals surface area (Å²) in [5, 5.41) is 2.35. The minimum Gasteiger partial charge on any atom is -0.296 e. The maximum Gasteiger partial charge on any atom is 0.227 e. The molecular weight excluding hydrogens is 166 g/mol. The average Bonchev–Trinajstić information content (AvgIpc) is 2.66. The third-order valence-corrected chi connectivity index (χ3v) is 2.93. The minimum atomic E-state index is -0.0978. The molecule has 0 spiro atoms. The van der Waals surface area contributed by atoms with Gasteiger partial charge in [-0.1, -0.05) is 19.8 Å². The van der Waals surface area contributed by atoms with Crippen molar-refractivity contribution in [1.29, 1.82) is 0 Å². The number of carbonyl (C=O) groups is 2. The van der Waals surface area contributed by atoms with Crippen molar-refractivity contribution in [3.63, 3.8) is 0 Å². The molecule has 1 saturated heterocycles. The van der Waals surface area contributed by atoms with Crippen molar-refractivity contribution in [1.82, 2.24) is 5.32 Å². The van der Waals surface area contributed by atoms with Crippen LogP contribution in [0.2, 0.25) is 0 Å². The first-order valence-corrected chi connectivity index (χ1v) is 4.90. The Morgan fingerprint density at radius 2 is 1.85 bits per heavy atom. The summed E-state index contributed by atoms with van der Waals surface area (Å²) in [6, 6.07) is 0. The highest BCUT2D eigenvalue weighted by Gasteiger charge is 2.39. The second-order valence-electron chi connectivity index (χ2n) is 4.78. The fraction of sp³-hybridized carbons (Fsp3) is 0.800. The van der Waals surface area contributed by atoms with Crippen LogP contribution < -0.4 is 5.32 Å². The first-order chi connectivity index (χ1) is 6.07. The number of imide groups is 1. The van der Waals surface area contributed by atoms with E-state index in [0.717, 1.165) is 12.3 Å². The van der Waals surface area contributed by atoms with Crippen molar-refractivity contribution in [3.8, 4) is 0 Å². The molecule has 0 aromatic rings. The fourth-order valence-corrected chi connectivity index (χ4v) is 2.24. The number of carbonyl (C=O) groups excluding carboxylic acids is 2. The lowest BCUT2D eigenvalue weighted by Crippen LogP contribution is -2.43. The van der Waals surface area contributed by atoms with Gasteiger partial charge in [-0.3, -0.25) is 14.9 Å². The molecule has 0 bridgehead atoms. The summed E-state index contributed by atoms with van der Waals surface area (Å²) in [5.41, 5.74) is -0.0550. The molecule has 3 nitrogen and oxygen atoms in total. The summed E-state index contributed by atoms with van der Waals surface area (Å²) in [7, 11) is 0. The van der Waals surface area contributed by atoms with Gasteiger partial charge in [-0.15, -0.1) is 0 Å². The van der Waals surface area contributed by atoms with E-state index in [1.807, 2.05) is 0 Å². The molecule has 2 rings (SSSR count). The van der Waals surface area contributed by atoms with Crippen molar-refractivity contribution in [2.75, 3.05) is 0 Å². The Kier molecular flexibility index (Phi) is 1.90. The molecule has 1 aliphatic carbocycles. The molecule has 1 N–H and O–H groups in total. The Morgan fingerprint density at radius 3 is 2.31 bits per heavy atom. The summed E-state index contributed by atoms with van der Waals surface area (Å²) in [6.07, 6.45) is 4.66. The van der Waals surface area contributed by atoms with E-state index in [0.29, 0.717) is 12.8 Å². The highest BCUT2D eigenvalue weighted by Crippen LogP contribution is 2.44. The van der Waals surface area contributed by atoms with Crippen LogP contribution in [-0.4, -0.2) is 11.8 Å². The van der Waals surface area contributed by atoms with Gasteiger partial charge in [0.2, 0.25) is 11.8 Å². The van der Waals surface area contributed by atoms with Gasteiger partial charge in [0.25, 0.3) is 0 Å². The van der Waals surface area contributed by atoms with Crippen molar-refractivity contribution < 1.29 is 9.59 Å². The largest absolute Gasteiger partial charge is 0.296 e. The molecule has 1 heterocycles. The number of amides is 2. The highest BCUT2D eigenvalue weighted by atomic mass is 16.2. The summed E-state index contributed by atoms with van der Waals surface area (Å²) >= 11 is 0. The van der Waals surface area contributed by atoms with Gasteiger partial charge in [0.15, 0.2) is 0 Å². The molecule has 0 aromatic heterocycles. The van der Waals surface area contributed by atoms with Crippen LogP contribution in [0, 0.1) is 11.3 Å². The van der Waals surface area contributed by atoms with E-state index in [1.54, 1.807) is 0 Å². The Balaban J connectivity index is 2.01. The van der Waals surface area contributed by atoms with Crippen molar-refractivity contribution >= 4 is 11.8 Å². The van der Waals surface area contributed by atoms with Crippen LogP contribution in [0.5, 0.6) is 0 Å². The van der Waals surface area contributed by atoms with Gasteiger partial charge >= 0.3 is 0 Å². The second-order valence-corrected chi connectivity index (χ2v) is 4.78. The maximum absolute atomic E-state index is 11.2. The van der Waals surface area contributed by atoms with E-state index in [9.17, 15) is 9.59 Å². The van der Waals surface area contributed by atoms with Crippen molar-refractivity contribution in [3.05, 3.63) is 0 Å². The molecule has 2 aliphatic rings. The highest BCUT2D eigenvalue weighted by molar-refractivity contribution is 5.98. The van der Waals surface area contributed by atoms with Crippen molar-refractivity contribution in [2.45, 2.75) is 39.0 Å². The number of rotatable bonds is 2. The van der Waals surface area contributed by atoms with Crippen LogP contribution in [0.4, 0.5) is 0 Å². The summed E-state index contributed by atoms with van der Waals surface area (Å²) < 4.78 is 0. The van der Waals surface area contributed by atoms with Crippen LogP contribution in [0.3, 0.4) is 0 Å². The van der Waals surface area contributed by atoms with Crippen LogP contribution in [0.25, 0.3) is 0 Å². The molecule has 3 heteroatoms. The molecule has 0 atom stereocenters. The lowest BCUT2D eigenvalue weighted by molar-refractivity contribution is -0.137. The SMILES string of the molecule is CC1(CC2CC2)CC(=O)NC(=O)C1. The molecule has 0 aromatic carbocycles. The average molecular weight is 181 g/mol. The smallest absolute Gasteiger partial charge is 0.227 e. The molecule has 2 fully saturated rings. The third kappa shape index (κ3) is 2.08. The number of hydrogen-bond acceptors (Lipinski definition) is 2. The number of piperidine rings is 1. The van der Waals surface area contributed by atoms with E-state index in [1.165, 1.54) is 12.8 Å². The van der Waals surface area contributed by atoms with Crippen LogP contribution >= 0.6 is 0 Å². The van der Waals surface area contributed by atoms with Crippen LogP contribution in [0.1, 0.15) is 39.0 Å². The number of nitrogens with one attached hydrogen (secondary N) is 1. The Hall–Kier alpha value is -0.860. The fourth-order valence-electron chi connectivity index (χ4n) is 2.24. The first kappa shape index (κ1) is 8.73. The van der Waals surface area contributed by atoms with Crippen molar-refractivity contribution in [2.24, 2.45) is 11.3 Å². The molecule has 0 unspecified atom stereocenters. The molecule has 2 amide bonds. The van der Waals surface area contributed by atoms with Gasteiger partial charge in [0.05, 0.1) is 0 Å². The summed E-state index contributed by atoms with van der Waals surface area (Å²) in [4.78, 5) is 22.3. The quantitative estimate of drug-likeness (QED) is 0.651. The van der Waals surface area contributed by atoms with Gasteiger partial charge in [0.1, 0.15) is 0 Å². The van der Waals surface area contributed by atoms with Gasteiger partial charge in [-0.05, 0) is 17.8 Å². The lowest BCUT2D eigenvalue weighted by atomic mass is 9.76. The Morgan fingerprint density at radius 1 is 1.31 bits per heavy atom. The Bertz CT molecular complexity index is 240. The molecular formula is C10H15NO2. The lowest BCUT2D eigenvalue weighted by Gasteiger charge is -2.32. The first-order valence-electron chi connectivity index (χ1n) is 4.90. The van der Waals surface area contributed by atoms with E-state index in [2.05, 4.69) is 12.2 Å². The Labute approximate surface area is 77.9 Å². The van der Waals surface area contributed by atoms with Gasteiger partial charge in [0, 0.05) is 12.8 Å². The summed E-state index contributed by atoms with van der Waals surface area (Å²) in [5.74, 6) is 0.586. The topological polar surface area (TPSA) is 46.2 Å². The van der Waals surface area contributed by atoms with Crippen LogP contribution in [-0.2, 0) is 9.59 Å². The molecule has 1 aliphatic heterocycles. The monoisotopic (exact) mass is 181 g/mol. The van der Waals surface area contributed by atoms with Gasteiger partial charge < -0.3 is 0 Å². The molecule has 0 radical (unpaired) electrons. The van der Waals surface area contributed by atoms with E-state index in [-0.39, 0.29) is 17.2 Å². The van der Waals surface area contributed by atoms with Gasteiger partial charge in [-0.25, -0.2) is 0 Å². The third-order valence-electron chi connectivity index (χ3n) is 2.93. The van der Waals surface area contributed by atoms with Crippen LogP contribution in [0.15, 0.2) is 0 Å². The zero-order valence-electron chi connectivity index (χ0n) is 7.93. The molecule has 72 valence electrons. The predicted molar refractivity (Wildman–Crippen MR) is 47.8 cm³/mol. The van der Waals surface area contributed by atoms with E-state index >= 15 is 0 Å². The second kappa shape index (κ2) is 2.82. The molecule has 1 saturated carbocycles. The number of hydrogen-bond donors (Lipinski definition) is 1. The molecule has 13 heavy (non-hydrogen) atoms. The van der Waals surface area contributed by atoms with E-state index in [4.69, 9.17) is 0 Å². The zero-order valence-corrected chi connectivity index (χ0v) is 7.93. The normalized spacial score (nSPS) is 27.2. The zero-order chi connectivity index (χ0) is 9.47. The maximum atomic E-state index is 11.2. The van der Waals surface area contributed by atoms with Gasteiger partial charge in [-0.2, -0.15) is 0 Å². The standard InChI is InChI=1S/C10H15NO2/c1-10(4-7-2-3-7)5-8(12)11-9(13)6-10/h7H,2-6H2,1H3,(H,11,12,13).